The molecule has 17 rings (SSSR count). The van der Waals surface area contributed by atoms with E-state index in [0.717, 1.165) is 50.4 Å². The summed E-state index contributed by atoms with van der Waals surface area (Å²) in [6.45, 7) is 19.1. The monoisotopic (exact) mass is 2150 g/mol. The molecule has 0 spiro atoms. The average Bonchev–Trinajstić information content (AvgIpc) is 1.54. The summed E-state index contributed by atoms with van der Waals surface area (Å²) in [6.07, 6.45) is 10.1. The van der Waals surface area contributed by atoms with Gasteiger partial charge in [-0.1, -0.05) is 104 Å². The molecule has 682 valence electrons. The maximum absolute atomic E-state index is 13.1. The van der Waals surface area contributed by atoms with Crippen molar-refractivity contribution in [2.24, 2.45) is 0 Å². The second-order valence-electron chi connectivity index (χ2n) is 31.5. The Labute approximate surface area is 788 Å². The van der Waals surface area contributed by atoms with E-state index in [9.17, 15) is 68.8 Å². The number of sulfonamides is 2. The third kappa shape index (κ3) is 21.9. The molecule has 3 aliphatic rings. The highest BCUT2D eigenvalue weighted by atomic mass is 79.9. The summed E-state index contributed by atoms with van der Waals surface area (Å²) in [6, 6.07) is 58.1. The van der Waals surface area contributed by atoms with Gasteiger partial charge >= 0.3 is 14.2 Å². The molecule has 30 nitrogen and oxygen atoms in total. The van der Waals surface area contributed by atoms with Crippen molar-refractivity contribution in [3.05, 3.63) is 291 Å². The third-order valence-corrected chi connectivity index (χ3v) is 36.1. The Morgan fingerprint density at radius 1 is 0.485 bits per heavy atom. The molecule has 0 amide bonds. The number of fused-ring (bicyclic) bond motifs is 4. The van der Waals surface area contributed by atoms with Gasteiger partial charge in [-0.05, 0) is 276 Å². The molecule has 3 aliphatic heterocycles. The van der Waals surface area contributed by atoms with E-state index >= 15 is 0 Å². The third-order valence-electron chi connectivity index (χ3n) is 21.4. The molecule has 130 heavy (non-hydrogen) atoms. The van der Waals surface area contributed by atoms with Crippen molar-refractivity contribution in [1.29, 1.82) is 0 Å². The molecule has 0 unspecified atom stereocenters. The number of hydrogen-bond acceptors (Lipinski definition) is 24. The summed E-state index contributed by atoms with van der Waals surface area (Å²) in [7, 11) is -27.4. The fraction of sp³-hybridized carbons (Fsp3) is 0.230. The van der Waals surface area contributed by atoms with Crippen LogP contribution < -0.4 is 15.6 Å². The van der Waals surface area contributed by atoms with Crippen molar-refractivity contribution in [3.8, 4) is 0 Å². The number of allylic oxidation sites excluding steroid dienone is 1. The van der Waals surface area contributed by atoms with Gasteiger partial charge in [-0.2, -0.15) is 4.31 Å². The Morgan fingerprint density at radius 2 is 0.846 bits per heavy atom. The number of ketones is 1. The largest absolute Gasteiger partial charge is 0.494 e. The molecule has 0 saturated carbocycles. The number of carbonyl (C=O) groups excluding carboxylic acids is 1. The van der Waals surface area contributed by atoms with Crippen LogP contribution in [0.25, 0.3) is 49.7 Å². The van der Waals surface area contributed by atoms with Gasteiger partial charge in [0, 0.05) is 96.5 Å². The van der Waals surface area contributed by atoms with Gasteiger partial charge in [-0.3, -0.25) is 4.79 Å². The molecule has 11 heterocycles. The van der Waals surface area contributed by atoms with Crippen molar-refractivity contribution >= 4 is 214 Å². The predicted octanol–water partition coefficient (Wildman–Crippen LogP) is 13.6. The van der Waals surface area contributed by atoms with E-state index in [-0.39, 0.29) is 80.8 Å². The Hall–Kier alpha value is -9.09. The van der Waals surface area contributed by atoms with E-state index < -0.39 is 101 Å². The van der Waals surface area contributed by atoms with Gasteiger partial charge in [0.25, 0.3) is 40.1 Å². The number of halogens is 4. The topological polar surface area (TPSA) is 422 Å². The lowest BCUT2D eigenvalue weighted by Crippen LogP contribution is -2.41. The standard InChI is InChI=1S/C17H26BNO6S2.C16H15BrN2O3S.C16H13BrN2O2S.C15H11BrN2O3S.C13H9BrN2O2S.C10H14BNO4S/c1-16(2)17(3,4)25-18(24-16)13-5-7-15(8-6-13)27(22,23)19-14-9-11-26(20,21)12-10-14;1-16(2,20)14-10-12-13(17)8-9-18-15(12)19(14)23(21,22)11-6-4-3-5-7-11;1-11(2)15-10-13-14(17)8-9-18-16(13)19(15)22(20,21)12-6-4-3-5-7-12;1-10(19)14-9-12-13(16)7-8-17-15(12)18(14)22(20,21)11-5-3-2-4-6-11;14-12-6-8-15-13-11(12)7-9-16(13)19(17,18)10-4-2-1-3-5-10;13-11(14)9-3-5-10(6-4-9)17(15,16)12-7-1-2-8-12/h5-8,14,19H,9-12H2,1-4H3;3-10,20H,1-2H3;3-10H,1H2,2H3;2-9H,1H3;1-9H;3-6,13-14H,1-2,7-8H2. The van der Waals surface area contributed by atoms with Gasteiger partial charge < -0.3 is 24.5 Å². The molecular formula is C87H88B2Br4N10O20S7. The average molecular weight is 2160 g/mol. The lowest BCUT2D eigenvalue weighted by Gasteiger charge is -2.32. The maximum Gasteiger partial charge on any atom is 0.494 e. The first-order chi connectivity index (χ1) is 61.0. The second kappa shape index (κ2) is 40.0. The van der Waals surface area contributed by atoms with E-state index in [1.165, 1.54) is 104 Å². The first-order valence-electron chi connectivity index (χ1n) is 39.9. The number of aliphatic hydroxyl groups is 1. The van der Waals surface area contributed by atoms with Gasteiger partial charge in [0.1, 0.15) is 21.1 Å². The quantitative estimate of drug-likeness (QED) is 0.0458. The smallest absolute Gasteiger partial charge is 0.423 e. The summed E-state index contributed by atoms with van der Waals surface area (Å²) < 4.78 is 199. The fourth-order valence-electron chi connectivity index (χ4n) is 13.8. The number of sulfone groups is 1. The summed E-state index contributed by atoms with van der Waals surface area (Å²) in [5.74, 6) is -0.313. The summed E-state index contributed by atoms with van der Waals surface area (Å²) in [4.78, 5) is 29.7. The SMILES string of the molecule is C=C(C)c1cc2c(Br)ccnc2n1S(=O)(=O)c1ccccc1.CC(=O)c1cc2c(Br)ccnc2n1S(=O)(=O)c1ccccc1.CC(C)(O)c1cc2c(Br)ccnc2n1S(=O)(=O)c1ccccc1.CC1(C)OB(c2ccc(S(=O)(=O)NC3CCS(=O)(=O)CC3)cc2)OC1(C)C.O=S(=O)(c1ccc(B(O)O)cc1)N1CCCC1.O=S(=O)(c1ccccc1)n1ccc2c(Br)ccnc21. The van der Waals surface area contributed by atoms with Crippen LogP contribution in [0.15, 0.2) is 303 Å². The van der Waals surface area contributed by atoms with Gasteiger partial charge in [-0.25, -0.2) is 99.5 Å². The minimum Gasteiger partial charge on any atom is -0.423 e. The number of rotatable bonds is 18. The van der Waals surface area contributed by atoms with Crippen molar-refractivity contribution in [3.63, 3.8) is 0 Å². The Kier molecular flexibility index (Phi) is 30.7. The maximum atomic E-state index is 13.1. The van der Waals surface area contributed by atoms with Gasteiger partial charge in [-0.15, -0.1) is 0 Å². The van der Waals surface area contributed by atoms with E-state index in [2.05, 4.69) is 95.0 Å². The highest BCUT2D eigenvalue weighted by Crippen LogP contribution is 2.39. The van der Waals surface area contributed by atoms with Crippen LogP contribution in [-0.2, 0) is 84.9 Å². The zero-order valence-electron chi connectivity index (χ0n) is 70.9. The molecule has 43 heteroatoms. The Bertz CT molecular complexity index is 7240. The van der Waals surface area contributed by atoms with Crippen molar-refractivity contribution in [2.75, 3.05) is 24.6 Å². The van der Waals surface area contributed by atoms with Crippen LogP contribution in [0.1, 0.15) is 103 Å². The van der Waals surface area contributed by atoms with Crippen molar-refractivity contribution in [1.82, 2.24) is 44.9 Å². The van der Waals surface area contributed by atoms with Crippen LogP contribution in [0.2, 0.25) is 0 Å². The van der Waals surface area contributed by atoms with Crippen molar-refractivity contribution < 1.29 is 88.2 Å². The number of hydrogen-bond donors (Lipinski definition) is 4. The first kappa shape index (κ1) is 99.9. The van der Waals surface area contributed by atoms with Crippen LogP contribution in [-0.4, -0.2) is 176 Å². The molecule has 14 aromatic rings. The number of Topliss-reactive ketones (excluding diaryl/α,β-unsaturated/α-hetero) is 1. The van der Waals surface area contributed by atoms with Gasteiger partial charge in [0.15, 0.2) is 28.4 Å². The number of benzene rings is 6. The zero-order chi connectivity index (χ0) is 94.7. The lowest BCUT2D eigenvalue weighted by atomic mass is 9.79. The zero-order valence-corrected chi connectivity index (χ0v) is 83.0. The van der Waals surface area contributed by atoms with E-state index in [1.54, 1.807) is 185 Å². The molecular weight excluding hydrogens is 2070 g/mol. The fourth-order valence-corrected chi connectivity index (χ4v) is 25.8. The molecule has 8 aromatic heterocycles. The normalized spacial score (nSPS) is 15.4. The number of carbonyl (C=O) groups is 1. The highest BCUT2D eigenvalue weighted by Gasteiger charge is 2.52. The first-order valence-corrected chi connectivity index (χ1v) is 53.6. The van der Waals surface area contributed by atoms with E-state index in [0.29, 0.717) is 63.7 Å². The van der Waals surface area contributed by atoms with Gasteiger partial charge in [0.05, 0.1) is 63.5 Å². The van der Waals surface area contributed by atoms with Crippen LogP contribution in [0.3, 0.4) is 0 Å². The van der Waals surface area contributed by atoms with E-state index in [4.69, 9.17) is 19.4 Å². The number of pyridine rings is 4. The van der Waals surface area contributed by atoms with Crippen molar-refractivity contribution in [2.45, 2.75) is 133 Å². The second-order valence-corrected chi connectivity index (χ2v) is 48.1. The molecule has 0 aliphatic carbocycles. The summed E-state index contributed by atoms with van der Waals surface area (Å²) >= 11 is 13.6. The Balaban J connectivity index is 0.000000142. The minimum absolute atomic E-state index is 0.0149. The molecule has 6 aromatic carbocycles. The Morgan fingerprint density at radius 3 is 1.25 bits per heavy atom. The van der Waals surface area contributed by atoms with Crippen LogP contribution in [0, 0.1) is 0 Å². The van der Waals surface area contributed by atoms with Crippen LogP contribution in [0.4, 0.5) is 0 Å². The van der Waals surface area contributed by atoms with Gasteiger partial charge in [0.2, 0.25) is 20.0 Å². The summed E-state index contributed by atoms with van der Waals surface area (Å²) in [5, 5.41) is 31.0. The van der Waals surface area contributed by atoms with E-state index in [1.807, 2.05) is 27.7 Å². The number of nitrogens with one attached hydrogen (secondary N) is 1. The summed E-state index contributed by atoms with van der Waals surface area (Å²) in [5.41, 5.74) is 1.58. The van der Waals surface area contributed by atoms with Crippen LogP contribution in [0.5, 0.6) is 0 Å². The lowest BCUT2D eigenvalue weighted by molar-refractivity contribution is 0.00578. The molecule has 0 bridgehead atoms. The highest BCUT2D eigenvalue weighted by molar-refractivity contribution is 9.11. The molecule has 3 saturated heterocycles. The molecule has 4 N–H and O–H groups in total. The predicted molar refractivity (Wildman–Crippen MR) is 514 cm³/mol. The van der Waals surface area contributed by atoms with Crippen LogP contribution >= 0.6 is 63.7 Å². The number of aromatic nitrogens is 8. The molecule has 0 atom stereocenters. The number of nitrogens with zero attached hydrogens (tertiary/aromatic N) is 9. The minimum atomic E-state index is -3.90. The molecule has 0 radical (unpaired) electrons. The molecule has 3 fully saturated rings.